The van der Waals surface area contributed by atoms with E-state index in [1.807, 2.05) is 6.07 Å². The SMILES string of the molecule is C#CCSc1nn2c(=O)c3c(nc2s1)CCN(CCc1ccccc1)C3. The molecule has 26 heavy (non-hydrogen) atoms. The Hall–Kier alpha value is -2.14. The highest BCUT2D eigenvalue weighted by atomic mass is 32.2. The molecule has 0 bridgehead atoms. The van der Waals surface area contributed by atoms with Crippen LogP contribution >= 0.6 is 23.1 Å². The number of benzene rings is 1. The first kappa shape index (κ1) is 17.3. The first-order chi connectivity index (χ1) is 12.7. The van der Waals surface area contributed by atoms with Crippen LogP contribution in [0.3, 0.4) is 0 Å². The number of hydrogen-bond acceptors (Lipinski definition) is 6. The molecule has 0 radical (unpaired) electrons. The summed E-state index contributed by atoms with van der Waals surface area (Å²) in [4.78, 5) is 20.5. The Bertz CT molecular complexity index is 1020. The van der Waals surface area contributed by atoms with Gasteiger partial charge in [-0.15, -0.1) is 11.5 Å². The normalized spacial score (nSPS) is 14.3. The zero-order valence-electron chi connectivity index (χ0n) is 14.2. The molecule has 4 rings (SSSR count). The monoisotopic (exact) mass is 382 g/mol. The summed E-state index contributed by atoms with van der Waals surface area (Å²) >= 11 is 2.89. The highest BCUT2D eigenvalue weighted by Crippen LogP contribution is 2.24. The highest BCUT2D eigenvalue weighted by Gasteiger charge is 2.23. The van der Waals surface area contributed by atoms with Crippen molar-refractivity contribution in [3.05, 3.63) is 57.5 Å². The fourth-order valence-corrected chi connectivity index (χ4v) is 4.75. The molecule has 1 aromatic carbocycles. The summed E-state index contributed by atoms with van der Waals surface area (Å²) < 4.78 is 2.22. The van der Waals surface area contributed by atoms with Crippen LogP contribution in [0.25, 0.3) is 4.96 Å². The topological polar surface area (TPSA) is 50.5 Å². The number of hydrogen-bond donors (Lipinski definition) is 0. The van der Waals surface area contributed by atoms with Gasteiger partial charge in [-0.25, -0.2) is 4.98 Å². The molecule has 1 aliphatic rings. The lowest BCUT2D eigenvalue weighted by atomic mass is 10.1. The first-order valence-corrected chi connectivity index (χ1v) is 10.3. The first-order valence-electron chi connectivity index (χ1n) is 8.49. The summed E-state index contributed by atoms with van der Waals surface area (Å²) in [6.45, 7) is 2.51. The van der Waals surface area contributed by atoms with Gasteiger partial charge >= 0.3 is 0 Å². The van der Waals surface area contributed by atoms with Crippen LogP contribution in [-0.4, -0.2) is 38.3 Å². The molecule has 0 saturated heterocycles. The molecule has 0 saturated carbocycles. The fraction of sp³-hybridized carbons (Fsp3) is 0.316. The summed E-state index contributed by atoms with van der Waals surface area (Å²) in [5.41, 5.74) is 2.97. The summed E-state index contributed by atoms with van der Waals surface area (Å²) in [6, 6.07) is 10.4. The maximum atomic E-state index is 12.9. The predicted octanol–water partition coefficient (Wildman–Crippen LogP) is 2.48. The molecule has 1 aliphatic heterocycles. The van der Waals surface area contributed by atoms with Gasteiger partial charge in [0, 0.05) is 26.1 Å². The van der Waals surface area contributed by atoms with E-state index in [0.717, 1.165) is 41.5 Å². The van der Waals surface area contributed by atoms with Gasteiger partial charge in [0.05, 0.1) is 17.0 Å². The molecular formula is C19H18N4OS2. The number of fused-ring (bicyclic) bond motifs is 2. The van der Waals surface area contributed by atoms with Crippen molar-refractivity contribution >= 4 is 28.1 Å². The Kier molecular flexibility index (Phi) is 5.07. The Morgan fingerprint density at radius 1 is 1.31 bits per heavy atom. The van der Waals surface area contributed by atoms with Crippen molar-refractivity contribution in [3.63, 3.8) is 0 Å². The van der Waals surface area contributed by atoms with Gasteiger partial charge < -0.3 is 0 Å². The van der Waals surface area contributed by atoms with E-state index in [4.69, 9.17) is 6.42 Å². The molecule has 0 atom stereocenters. The smallest absolute Gasteiger partial charge is 0.279 e. The minimum Gasteiger partial charge on any atom is -0.298 e. The van der Waals surface area contributed by atoms with Gasteiger partial charge in [-0.1, -0.05) is 59.4 Å². The maximum absolute atomic E-state index is 12.9. The Labute approximate surface area is 160 Å². The van der Waals surface area contributed by atoms with Crippen LogP contribution < -0.4 is 5.56 Å². The molecular weight excluding hydrogens is 364 g/mol. The number of terminal acetylenes is 1. The zero-order chi connectivity index (χ0) is 17.9. The molecule has 0 spiro atoms. The minimum atomic E-state index is -0.0433. The summed E-state index contributed by atoms with van der Waals surface area (Å²) in [7, 11) is 0. The van der Waals surface area contributed by atoms with Crippen molar-refractivity contribution < 1.29 is 0 Å². The minimum absolute atomic E-state index is 0.0433. The van der Waals surface area contributed by atoms with Crippen molar-refractivity contribution in [1.82, 2.24) is 19.5 Å². The van der Waals surface area contributed by atoms with Gasteiger partial charge in [-0.05, 0) is 12.0 Å². The molecule has 3 heterocycles. The third-order valence-corrected chi connectivity index (χ3v) is 6.40. The molecule has 3 aromatic rings. The van der Waals surface area contributed by atoms with Crippen LogP contribution in [0.1, 0.15) is 16.8 Å². The van der Waals surface area contributed by atoms with Gasteiger partial charge in [-0.2, -0.15) is 4.52 Å². The molecule has 0 aliphatic carbocycles. The van der Waals surface area contributed by atoms with Gasteiger partial charge in [0.2, 0.25) is 4.96 Å². The second kappa shape index (κ2) is 7.62. The lowest BCUT2D eigenvalue weighted by Gasteiger charge is -2.27. The number of nitrogens with zero attached hydrogens (tertiary/aromatic N) is 4. The third-order valence-electron chi connectivity index (χ3n) is 4.46. The van der Waals surface area contributed by atoms with Gasteiger partial charge in [0.1, 0.15) is 0 Å². The van der Waals surface area contributed by atoms with E-state index in [1.165, 1.54) is 33.2 Å². The summed E-state index contributed by atoms with van der Waals surface area (Å²) in [6.07, 6.45) is 7.09. The molecule has 2 aromatic heterocycles. The largest absolute Gasteiger partial charge is 0.298 e. The van der Waals surface area contributed by atoms with E-state index in [-0.39, 0.29) is 5.56 Å². The van der Waals surface area contributed by atoms with Gasteiger partial charge in [0.25, 0.3) is 5.56 Å². The summed E-state index contributed by atoms with van der Waals surface area (Å²) in [5, 5.41) is 4.39. The Morgan fingerprint density at radius 3 is 2.96 bits per heavy atom. The van der Waals surface area contributed by atoms with Gasteiger partial charge in [-0.3, -0.25) is 9.69 Å². The van der Waals surface area contributed by atoms with Crippen LogP contribution in [0.5, 0.6) is 0 Å². The van der Waals surface area contributed by atoms with Crippen molar-refractivity contribution in [1.29, 1.82) is 0 Å². The lowest BCUT2D eigenvalue weighted by Crippen LogP contribution is -2.37. The standard InChI is InChI=1S/C19H18N4OS2/c1-2-12-25-19-21-23-17(24)15-13-22(10-8-14-6-4-3-5-7-14)11-9-16(15)20-18(23)26-19/h1,3-7H,8-13H2. The van der Waals surface area contributed by atoms with Crippen LogP contribution in [0.15, 0.2) is 39.5 Å². The Balaban J connectivity index is 1.54. The van der Waals surface area contributed by atoms with E-state index in [2.05, 4.69) is 45.2 Å². The van der Waals surface area contributed by atoms with E-state index in [1.54, 1.807) is 0 Å². The molecule has 7 heteroatoms. The lowest BCUT2D eigenvalue weighted by molar-refractivity contribution is 0.253. The van der Waals surface area contributed by atoms with Crippen molar-refractivity contribution in [3.8, 4) is 12.3 Å². The highest BCUT2D eigenvalue weighted by molar-refractivity contribution is 8.01. The predicted molar refractivity (Wildman–Crippen MR) is 106 cm³/mol. The van der Waals surface area contributed by atoms with E-state index >= 15 is 0 Å². The Morgan fingerprint density at radius 2 is 2.15 bits per heavy atom. The van der Waals surface area contributed by atoms with Crippen LogP contribution in [-0.2, 0) is 19.4 Å². The fourth-order valence-electron chi connectivity index (χ4n) is 3.12. The van der Waals surface area contributed by atoms with Crippen LogP contribution in [0, 0.1) is 12.3 Å². The second-order valence-electron chi connectivity index (χ2n) is 6.16. The average Bonchev–Trinajstić information content (AvgIpc) is 3.09. The van der Waals surface area contributed by atoms with Crippen LogP contribution in [0.4, 0.5) is 0 Å². The molecule has 132 valence electrons. The van der Waals surface area contributed by atoms with Crippen molar-refractivity contribution in [2.45, 2.75) is 23.7 Å². The van der Waals surface area contributed by atoms with E-state index < -0.39 is 0 Å². The average molecular weight is 383 g/mol. The molecule has 5 nitrogen and oxygen atoms in total. The number of thioether (sulfide) groups is 1. The number of aromatic nitrogens is 3. The van der Waals surface area contributed by atoms with Crippen LogP contribution in [0.2, 0.25) is 0 Å². The van der Waals surface area contributed by atoms with Crippen molar-refractivity contribution in [2.24, 2.45) is 0 Å². The third kappa shape index (κ3) is 3.54. The second-order valence-corrected chi connectivity index (χ2v) is 8.34. The number of rotatable bonds is 5. The van der Waals surface area contributed by atoms with Gasteiger partial charge in [0.15, 0.2) is 4.34 Å². The quantitative estimate of drug-likeness (QED) is 0.501. The molecule has 0 fully saturated rings. The maximum Gasteiger partial charge on any atom is 0.279 e. The molecule has 0 unspecified atom stereocenters. The van der Waals surface area contributed by atoms with E-state index in [0.29, 0.717) is 17.3 Å². The van der Waals surface area contributed by atoms with E-state index in [9.17, 15) is 4.79 Å². The molecule has 0 amide bonds. The van der Waals surface area contributed by atoms with Crippen molar-refractivity contribution in [2.75, 3.05) is 18.8 Å². The molecule has 0 N–H and O–H groups in total. The summed E-state index contributed by atoms with van der Waals surface area (Å²) in [5.74, 6) is 3.12. The zero-order valence-corrected chi connectivity index (χ0v) is 15.9.